The van der Waals surface area contributed by atoms with Crippen LogP contribution in [0.25, 0.3) is 0 Å². The Kier molecular flexibility index (Phi) is 2.51. The average molecular weight is 227 g/mol. The minimum absolute atomic E-state index is 0.229. The Labute approximate surface area is 90.2 Å². The van der Waals surface area contributed by atoms with E-state index < -0.39 is 0 Å². The van der Waals surface area contributed by atoms with E-state index in [0.717, 1.165) is 5.01 Å². The summed E-state index contributed by atoms with van der Waals surface area (Å²) < 4.78 is 0. The van der Waals surface area contributed by atoms with Crippen LogP contribution in [0, 0.1) is 0 Å². The number of amides is 2. The molecule has 15 heavy (non-hydrogen) atoms. The van der Waals surface area contributed by atoms with Crippen LogP contribution in [-0.2, 0) is 9.59 Å². The van der Waals surface area contributed by atoms with Crippen LogP contribution in [0.1, 0.15) is 12.8 Å². The third-order valence-corrected chi connectivity index (χ3v) is 2.11. The van der Waals surface area contributed by atoms with Crippen molar-refractivity contribution in [3.8, 4) is 0 Å². The van der Waals surface area contributed by atoms with E-state index in [-0.39, 0.29) is 29.8 Å². The number of anilines is 1. The lowest BCUT2D eigenvalue weighted by Crippen LogP contribution is -2.35. The van der Waals surface area contributed by atoms with Gasteiger partial charge in [-0.05, 0) is 12.1 Å². The van der Waals surface area contributed by atoms with Gasteiger partial charge in [-0.3, -0.25) is 15.0 Å². The summed E-state index contributed by atoms with van der Waals surface area (Å²) in [5, 5.41) is 8.44. The standard InChI is InChI=1S/C8H7ClN4O2/c9-5-1-2-6(11-10-5)12-13-7(14)3-4-8(13)15/h1-2H,3-4H2,(H,11,12). The molecule has 78 valence electrons. The van der Waals surface area contributed by atoms with Crippen molar-refractivity contribution >= 4 is 29.2 Å². The van der Waals surface area contributed by atoms with Crippen LogP contribution in [0.15, 0.2) is 12.1 Å². The number of hydrazine groups is 1. The molecule has 0 saturated carbocycles. The van der Waals surface area contributed by atoms with Gasteiger partial charge >= 0.3 is 0 Å². The smallest absolute Gasteiger partial charge is 0.248 e. The van der Waals surface area contributed by atoms with Gasteiger partial charge in [-0.1, -0.05) is 11.6 Å². The second kappa shape index (κ2) is 3.82. The number of nitrogens with zero attached hydrogens (tertiary/aromatic N) is 3. The van der Waals surface area contributed by atoms with Crippen molar-refractivity contribution in [2.75, 3.05) is 5.43 Å². The second-order valence-electron chi connectivity index (χ2n) is 2.98. The van der Waals surface area contributed by atoms with Gasteiger partial charge in [0.25, 0.3) is 0 Å². The maximum Gasteiger partial charge on any atom is 0.248 e. The molecule has 1 aliphatic rings. The molecular formula is C8H7ClN4O2. The van der Waals surface area contributed by atoms with E-state index in [1.54, 1.807) is 0 Å². The minimum Gasteiger partial charge on any atom is -0.273 e. The molecule has 1 aliphatic heterocycles. The van der Waals surface area contributed by atoms with E-state index in [1.165, 1.54) is 12.1 Å². The molecule has 0 aromatic carbocycles. The highest BCUT2D eigenvalue weighted by Gasteiger charge is 2.29. The van der Waals surface area contributed by atoms with E-state index in [9.17, 15) is 9.59 Å². The zero-order valence-electron chi connectivity index (χ0n) is 7.61. The summed E-state index contributed by atoms with van der Waals surface area (Å²) in [5.41, 5.74) is 2.57. The Hall–Kier alpha value is -1.69. The van der Waals surface area contributed by atoms with Gasteiger partial charge in [0.15, 0.2) is 11.0 Å². The third-order valence-electron chi connectivity index (χ3n) is 1.91. The number of halogens is 1. The van der Waals surface area contributed by atoms with Crippen LogP contribution in [0.3, 0.4) is 0 Å². The maximum absolute atomic E-state index is 11.2. The monoisotopic (exact) mass is 226 g/mol. The predicted octanol–water partition coefficient (Wildman–Crippen LogP) is 0.606. The fraction of sp³-hybridized carbons (Fsp3) is 0.250. The molecule has 7 heteroatoms. The quantitative estimate of drug-likeness (QED) is 0.748. The normalized spacial score (nSPS) is 15.9. The fourth-order valence-electron chi connectivity index (χ4n) is 1.19. The predicted molar refractivity (Wildman–Crippen MR) is 51.8 cm³/mol. The minimum atomic E-state index is -0.267. The molecule has 0 unspecified atom stereocenters. The van der Waals surface area contributed by atoms with Gasteiger partial charge in [-0.2, -0.15) is 5.01 Å². The zero-order chi connectivity index (χ0) is 10.8. The topological polar surface area (TPSA) is 75.2 Å². The van der Waals surface area contributed by atoms with Gasteiger partial charge in [0.1, 0.15) is 0 Å². The summed E-state index contributed by atoms with van der Waals surface area (Å²) in [6.45, 7) is 0. The average Bonchev–Trinajstić information content (AvgIpc) is 2.53. The number of carbonyl (C=O) groups is 2. The Morgan fingerprint density at radius 3 is 2.40 bits per heavy atom. The summed E-state index contributed by atoms with van der Waals surface area (Å²) in [4.78, 5) is 22.4. The molecule has 2 amide bonds. The first-order chi connectivity index (χ1) is 7.16. The van der Waals surface area contributed by atoms with E-state index in [2.05, 4.69) is 15.6 Å². The Balaban J connectivity index is 2.11. The largest absolute Gasteiger partial charge is 0.273 e. The van der Waals surface area contributed by atoms with Gasteiger partial charge in [0.05, 0.1) is 0 Å². The molecule has 1 N–H and O–H groups in total. The van der Waals surface area contributed by atoms with Crippen molar-refractivity contribution in [2.45, 2.75) is 12.8 Å². The Morgan fingerprint density at radius 2 is 1.87 bits per heavy atom. The summed E-state index contributed by atoms with van der Waals surface area (Å²) in [6, 6.07) is 3.05. The molecule has 2 heterocycles. The van der Waals surface area contributed by atoms with Crippen LogP contribution in [-0.4, -0.2) is 27.0 Å². The van der Waals surface area contributed by atoms with E-state index in [0.29, 0.717) is 5.82 Å². The molecule has 1 saturated heterocycles. The van der Waals surface area contributed by atoms with E-state index in [1.807, 2.05) is 0 Å². The first-order valence-electron chi connectivity index (χ1n) is 4.28. The summed E-state index contributed by atoms with van der Waals surface area (Å²) in [5.74, 6) is -0.225. The lowest BCUT2D eigenvalue weighted by molar-refractivity contribution is -0.136. The van der Waals surface area contributed by atoms with Crippen LogP contribution in [0.4, 0.5) is 5.82 Å². The molecule has 0 aliphatic carbocycles. The molecular weight excluding hydrogens is 220 g/mol. The lowest BCUT2D eigenvalue weighted by atomic mass is 10.4. The maximum atomic E-state index is 11.2. The number of aromatic nitrogens is 2. The van der Waals surface area contributed by atoms with Crippen molar-refractivity contribution in [3.63, 3.8) is 0 Å². The number of nitrogens with one attached hydrogen (secondary N) is 1. The van der Waals surface area contributed by atoms with Gasteiger partial charge in [-0.15, -0.1) is 10.2 Å². The molecule has 1 fully saturated rings. The van der Waals surface area contributed by atoms with Crippen LogP contribution < -0.4 is 5.43 Å². The summed E-state index contributed by atoms with van der Waals surface area (Å²) in [7, 11) is 0. The van der Waals surface area contributed by atoms with Crippen molar-refractivity contribution in [2.24, 2.45) is 0 Å². The first kappa shape index (κ1) is 9.85. The Bertz CT molecular complexity index is 390. The molecule has 0 spiro atoms. The highest BCUT2D eigenvalue weighted by molar-refractivity contribution is 6.29. The fourth-order valence-corrected chi connectivity index (χ4v) is 1.29. The van der Waals surface area contributed by atoms with Gasteiger partial charge in [-0.25, -0.2) is 0 Å². The van der Waals surface area contributed by atoms with Crippen LogP contribution >= 0.6 is 11.6 Å². The number of rotatable bonds is 2. The van der Waals surface area contributed by atoms with E-state index >= 15 is 0 Å². The number of hydrogen-bond acceptors (Lipinski definition) is 5. The van der Waals surface area contributed by atoms with Crippen LogP contribution in [0.2, 0.25) is 5.15 Å². The SMILES string of the molecule is O=C1CCC(=O)N1Nc1ccc(Cl)nn1. The number of imide groups is 1. The van der Waals surface area contributed by atoms with Gasteiger partial charge < -0.3 is 0 Å². The summed E-state index contributed by atoms with van der Waals surface area (Å²) >= 11 is 5.54. The molecule has 0 atom stereocenters. The zero-order valence-corrected chi connectivity index (χ0v) is 8.36. The molecule has 6 nitrogen and oxygen atoms in total. The highest BCUT2D eigenvalue weighted by atomic mass is 35.5. The van der Waals surface area contributed by atoms with Gasteiger partial charge in [0, 0.05) is 12.8 Å². The number of carbonyl (C=O) groups excluding carboxylic acids is 2. The van der Waals surface area contributed by atoms with E-state index in [4.69, 9.17) is 11.6 Å². The molecule has 1 aromatic rings. The first-order valence-corrected chi connectivity index (χ1v) is 4.66. The van der Waals surface area contributed by atoms with Crippen LogP contribution in [0.5, 0.6) is 0 Å². The highest BCUT2D eigenvalue weighted by Crippen LogP contribution is 2.13. The second-order valence-corrected chi connectivity index (χ2v) is 3.36. The van der Waals surface area contributed by atoms with Crippen molar-refractivity contribution in [1.29, 1.82) is 0 Å². The van der Waals surface area contributed by atoms with Crippen molar-refractivity contribution in [1.82, 2.24) is 15.2 Å². The Morgan fingerprint density at radius 1 is 1.20 bits per heavy atom. The molecule has 2 rings (SSSR count). The molecule has 0 radical (unpaired) electrons. The van der Waals surface area contributed by atoms with Crippen molar-refractivity contribution in [3.05, 3.63) is 17.3 Å². The molecule has 0 bridgehead atoms. The number of hydrogen-bond donors (Lipinski definition) is 1. The summed E-state index contributed by atoms with van der Waals surface area (Å²) in [6.07, 6.45) is 0.458. The lowest BCUT2D eigenvalue weighted by Gasteiger charge is -2.14. The van der Waals surface area contributed by atoms with Gasteiger partial charge in [0.2, 0.25) is 11.8 Å². The molecule has 1 aromatic heterocycles. The third kappa shape index (κ3) is 2.04. The van der Waals surface area contributed by atoms with Crippen molar-refractivity contribution < 1.29 is 9.59 Å².